The highest BCUT2D eigenvalue weighted by atomic mass is 32.2. The summed E-state index contributed by atoms with van der Waals surface area (Å²) in [7, 11) is 0. The maximum absolute atomic E-state index is 13.8. The summed E-state index contributed by atoms with van der Waals surface area (Å²) in [4.78, 5) is 54.0. The Balaban J connectivity index is 0.722. The first-order valence-corrected chi connectivity index (χ1v) is 22.6. The lowest BCUT2D eigenvalue weighted by Gasteiger charge is -2.17. The third kappa shape index (κ3) is 9.44. The minimum Gasteiger partial charge on any atom is -0.367 e. The van der Waals surface area contributed by atoms with Crippen molar-refractivity contribution in [1.82, 2.24) is 44.3 Å². The van der Waals surface area contributed by atoms with Gasteiger partial charge in [0.15, 0.2) is 6.29 Å². The molecule has 6 aromatic heterocycles. The molecule has 3 fully saturated rings. The molecule has 0 spiro atoms. The Labute approximate surface area is 371 Å². The lowest BCUT2D eigenvalue weighted by Crippen LogP contribution is -2.22. The summed E-state index contributed by atoms with van der Waals surface area (Å²) in [5.41, 5.74) is 2.96. The van der Waals surface area contributed by atoms with Gasteiger partial charge in [-0.1, -0.05) is 6.07 Å². The molecule has 1 aromatic carbocycles. The summed E-state index contributed by atoms with van der Waals surface area (Å²) in [6.07, 6.45) is 20.0. The molecule has 0 aliphatic heterocycles. The number of rotatable bonds is 15. The molecule has 10 rings (SSSR count). The molecule has 0 saturated heterocycles. The predicted molar refractivity (Wildman–Crippen MR) is 245 cm³/mol. The van der Waals surface area contributed by atoms with Gasteiger partial charge >= 0.3 is 0 Å². The molecule has 326 valence electrons. The second-order valence-electron chi connectivity index (χ2n) is 16.7. The number of aromatic nitrogens is 9. The standard InChI is InChI=1S/C46H47N13O4S/c60-42-2-1-15-53-59(42)35-11-14-41(48-22-35)55-31-7-9-33(18-31)57-46-51-23-36(24-52-46)64-26-27-3-12-37-38(16-27)39(44(62)63)25-58(43(37)61)34-10-13-40(47-21-34)54-30-6-8-32(17-30)56-45-49-19-29(20-50-45)28-4-5-28/h1-3,10-16,19-25,28,30-33,44,62-63H,4-9,17-18,26H2,(H,47,54)(H,48,55)(H,49,50,56)(H,51,52,57)/t30-,31-,32-,33-/m0/s1. The van der Waals surface area contributed by atoms with E-state index < -0.39 is 6.29 Å². The first-order chi connectivity index (χ1) is 31.3. The van der Waals surface area contributed by atoms with Gasteiger partial charge in [-0.15, -0.1) is 11.8 Å². The molecule has 0 radical (unpaired) electrons. The fraction of sp³-hybridized carbons (Fsp3) is 0.326. The lowest BCUT2D eigenvalue weighted by atomic mass is 10.0. The average molecular weight is 878 g/mol. The van der Waals surface area contributed by atoms with E-state index in [1.165, 1.54) is 39.9 Å². The van der Waals surface area contributed by atoms with Crippen molar-refractivity contribution in [2.75, 3.05) is 21.3 Å². The highest BCUT2D eigenvalue weighted by Gasteiger charge is 2.28. The largest absolute Gasteiger partial charge is 0.367 e. The molecule has 6 N–H and O–H groups in total. The monoisotopic (exact) mass is 877 g/mol. The quantitative estimate of drug-likeness (QED) is 0.0517. The molecule has 3 aliphatic rings. The van der Waals surface area contributed by atoms with Gasteiger partial charge < -0.3 is 31.5 Å². The van der Waals surface area contributed by atoms with Gasteiger partial charge in [0, 0.05) is 89.0 Å². The maximum atomic E-state index is 13.8. The van der Waals surface area contributed by atoms with E-state index in [0.29, 0.717) is 51.5 Å². The Hall–Kier alpha value is -6.76. The second kappa shape index (κ2) is 18.1. The molecule has 64 heavy (non-hydrogen) atoms. The van der Waals surface area contributed by atoms with Crippen LogP contribution in [0.4, 0.5) is 23.5 Å². The topological polar surface area (TPSA) is 223 Å². The van der Waals surface area contributed by atoms with Crippen LogP contribution in [0.1, 0.15) is 80.3 Å². The van der Waals surface area contributed by atoms with Crippen molar-refractivity contribution in [2.45, 2.75) is 98.4 Å². The van der Waals surface area contributed by atoms with Crippen molar-refractivity contribution in [1.29, 1.82) is 0 Å². The smallest absolute Gasteiger partial charge is 0.271 e. The van der Waals surface area contributed by atoms with E-state index >= 15 is 0 Å². The number of benzene rings is 1. The number of aliphatic hydroxyl groups excluding tert-OH is 1. The van der Waals surface area contributed by atoms with E-state index in [2.05, 4.69) is 56.3 Å². The van der Waals surface area contributed by atoms with Crippen molar-refractivity contribution in [3.63, 3.8) is 0 Å². The van der Waals surface area contributed by atoms with Gasteiger partial charge in [0.1, 0.15) is 11.6 Å². The van der Waals surface area contributed by atoms with Crippen molar-refractivity contribution in [3.8, 4) is 11.4 Å². The molecule has 17 nitrogen and oxygen atoms in total. The molecule has 6 heterocycles. The van der Waals surface area contributed by atoms with Crippen LogP contribution in [0.25, 0.3) is 22.1 Å². The van der Waals surface area contributed by atoms with E-state index in [1.807, 2.05) is 48.8 Å². The highest BCUT2D eigenvalue weighted by molar-refractivity contribution is 7.98. The zero-order valence-corrected chi connectivity index (χ0v) is 35.6. The Morgan fingerprint density at radius 3 is 1.84 bits per heavy atom. The number of thioether (sulfide) groups is 1. The number of hydrogen-bond donors (Lipinski definition) is 6. The van der Waals surface area contributed by atoms with Crippen molar-refractivity contribution < 1.29 is 10.2 Å². The van der Waals surface area contributed by atoms with Gasteiger partial charge in [0.2, 0.25) is 11.9 Å². The Bertz CT molecular complexity index is 2860. The van der Waals surface area contributed by atoms with Gasteiger partial charge in [-0.3, -0.25) is 14.2 Å². The molecule has 4 atom stereocenters. The summed E-state index contributed by atoms with van der Waals surface area (Å²) in [6, 6.07) is 16.7. The van der Waals surface area contributed by atoms with Crippen molar-refractivity contribution in [2.24, 2.45) is 0 Å². The van der Waals surface area contributed by atoms with E-state index in [-0.39, 0.29) is 40.8 Å². The Morgan fingerprint density at radius 2 is 1.27 bits per heavy atom. The van der Waals surface area contributed by atoms with Gasteiger partial charge in [-0.05, 0) is 116 Å². The van der Waals surface area contributed by atoms with Crippen molar-refractivity contribution >= 4 is 46.1 Å². The van der Waals surface area contributed by atoms with Crippen LogP contribution < -0.4 is 32.4 Å². The minimum atomic E-state index is -1.80. The van der Waals surface area contributed by atoms with Crippen LogP contribution in [0.3, 0.4) is 0 Å². The van der Waals surface area contributed by atoms with Crippen LogP contribution >= 0.6 is 11.8 Å². The maximum Gasteiger partial charge on any atom is 0.271 e. The van der Waals surface area contributed by atoms with Gasteiger partial charge in [0.05, 0.1) is 23.8 Å². The van der Waals surface area contributed by atoms with E-state index in [0.717, 1.165) is 54.8 Å². The fourth-order valence-corrected chi connectivity index (χ4v) is 9.37. The fourth-order valence-electron chi connectivity index (χ4n) is 8.61. The van der Waals surface area contributed by atoms with Crippen molar-refractivity contribution in [3.05, 3.63) is 142 Å². The minimum absolute atomic E-state index is 0.198. The van der Waals surface area contributed by atoms with E-state index in [4.69, 9.17) is 0 Å². The summed E-state index contributed by atoms with van der Waals surface area (Å²) in [6.45, 7) is 0. The summed E-state index contributed by atoms with van der Waals surface area (Å²) in [5.74, 6) is 3.84. The second-order valence-corrected chi connectivity index (χ2v) is 17.8. The third-order valence-corrected chi connectivity index (χ3v) is 13.1. The molecule has 3 aliphatic carbocycles. The normalized spacial score (nSPS) is 19.5. The van der Waals surface area contributed by atoms with Crippen LogP contribution in [-0.4, -0.2) is 78.6 Å². The predicted octanol–water partition coefficient (Wildman–Crippen LogP) is 5.95. The molecular formula is C46H47N13O4S. The molecule has 3 saturated carbocycles. The third-order valence-electron chi connectivity index (χ3n) is 12.1. The zero-order chi connectivity index (χ0) is 43.6. The molecule has 18 heteroatoms. The number of nitrogens with one attached hydrogen (secondary N) is 4. The average Bonchev–Trinajstić information content (AvgIpc) is 3.93. The molecule has 7 aromatic rings. The SMILES string of the molecule is O=c1c2ccc(CSc3cnc(N[C@H]4CC[C@H](Nc5ccc(-n6ncccc6=O)cn5)C4)nc3)cc2c(C(O)O)cn1-c1ccc(N[C@H]2CC[C@H](Nc3ncc(C4CC4)cn3)C2)nc1. The highest BCUT2D eigenvalue weighted by Crippen LogP contribution is 2.39. The zero-order valence-electron chi connectivity index (χ0n) is 34.8. The number of pyridine rings is 3. The van der Waals surface area contributed by atoms with Crippen LogP contribution in [0.2, 0.25) is 0 Å². The molecular weight excluding hydrogens is 831 g/mol. The first-order valence-electron chi connectivity index (χ1n) is 21.6. The van der Waals surface area contributed by atoms with E-state index in [1.54, 1.807) is 54.9 Å². The van der Waals surface area contributed by atoms with Gasteiger partial charge in [-0.2, -0.15) is 9.78 Å². The number of aliphatic hydroxyl groups is 2. The Morgan fingerprint density at radius 1 is 0.656 bits per heavy atom. The number of hydrogen-bond acceptors (Lipinski definition) is 16. The Kier molecular flexibility index (Phi) is 11.7. The number of nitrogens with zero attached hydrogens (tertiary/aromatic N) is 9. The van der Waals surface area contributed by atoms with Gasteiger partial charge in [0.25, 0.3) is 11.1 Å². The number of fused-ring (bicyclic) bond motifs is 1. The van der Waals surface area contributed by atoms with Crippen LogP contribution in [-0.2, 0) is 5.75 Å². The van der Waals surface area contributed by atoms with E-state index in [9.17, 15) is 19.8 Å². The molecule has 0 amide bonds. The van der Waals surface area contributed by atoms with Gasteiger partial charge in [-0.25, -0.2) is 29.9 Å². The van der Waals surface area contributed by atoms with Crippen LogP contribution in [0.15, 0.2) is 119 Å². The lowest BCUT2D eigenvalue weighted by molar-refractivity contribution is -0.0416. The molecule has 0 unspecified atom stereocenters. The molecule has 0 bridgehead atoms. The summed E-state index contributed by atoms with van der Waals surface area (Å²) in [5, 5.41) is 39.8. The van der Waals surface area contributed by atoms with Crippen LogP contribution in [0.5, 0.6) is 0 Å². The summed E-state index contributed by atoms with van der Waals surface area (Å²) < 4.78 is 2.72. The number of anilines is 4. The first kappa shape index (κ1) is 41.3. The van der Waals surface area contributed by atoms with Crippen LogP contribution in [0, 0.1) is 0 Å². The summed E-state index contributed by atoms with van der Waals surface area (Å²) >= 11 is 1.55.